The minimum Gasteiger partial charge on any atom is -0.392 e. The number of hydrogen-bond donors (Lipinski definition) is 2. The highest BCUT2D eigenvalue weighted by atomic mass is 16.3. The third kappa shape index (κ3) is 1.66. The van der Waals surface area contributed by atoms with Crippen LogP contribution in [0.5, 0.6) is 0 Å². The molecule has 2 N–H and O–H groups in total. The van der Waals surface area contributed by atoms with Crippen LogP contribution >= 0.6 is 0 Å². The van der Waals surface area contributed by atoms with Gasteiger partial charge in [-0.15, -0.1) is 0 Å². The minimum absolute atomic E-state index is 0.0510. The number of rotatable bonds is 2. The van der Waals surface area contributed by atoms with Crippen molar-refractivity contribution in [3.63, 3.8) is 0 Å². The van der Waals surface area contributed by atoms with Gasteiger partial charge in [0.05, 0.1) is 6.61 Å². The molecule has 0 aromatic carbocycles. The summed E-state index contributed by atoms with van der Waals surface area (Å²) in [6.07, 6.45) is 7.58. The fraction of sp³-hybridized carbons (Fsp3) is 0.200. The lowest BCUT2D eigenvalue weighted by Crippen LogP contribution is -2.22. The maximum atomic E-state index is 8.94. The van der Waals surface area contributed by atoms with Gasteiger partial charge < -0.3 is 10.1 Å². The van der Waals surface area contributed by atoms with Crippen LogP contribution in [0.3, 0.4) is 0 Å². The first kappa shape index (κ1) is 8.81. The van der Waals surface area contributed by atoms with E-state index in [1.807, 2.05) is 25.2 Å². The zero-order valence-corrected chi connectivity index (χ0v) is 7.17. The van der Waals surface area contributed by atoms with Gasteiger partial charge in [0.25, 0.3) is 0 Å². The summed E-state index contributed by atoms with van der Waals surface area (Å²) in [6, 6.07) is 0. The second kappa shape index (κ2) is 3.93. The van der Waals surface area contributed by atoms with Gasteiger partial charge in [0.15, 0.2) is 0 Å². The highest BCUT2D eigenvalue weighted by molar-refractivity contribution is 5.39. The summed E-state index contributed by atoms with van der Waals surface area (Å²) in [4.78, 5) is 2.96. The Balaban J connectivity index is 3.28. The zero-order valence-electron chi connectivity index (χ0n) is 7.17. The van der Waals surface area contributed by atoms with Crippen LogP contribution in [0, 0.1) is 0 Å². The second-order valence-electron chi connectivity index (χ2n) is 2.56. The number of aliphatic hydroxyl groups is 1. The Bertz CT molecular complexity index is 373. The van der Waals surface area contributed by atoms with E-state index in [9.17, 15) is 0 Å². The van der Waals surface area contributed by atoms with Crippen LogP contribution in [0.4, 0.5) is 0 Å². The summed E-state index contributed by atoms with van der Waals surface area (Å²) >= 11 is 0. The average molecular weight is 163 g/mol. The van der Waals surface area contributed by atoms with Gasteiger partial charge in [0.2, 0.25) is 0 Å². The number of aliphatic hydroxyl groups excluding tert-OH is 1. The Labute approximate surface area is 71.6 Å². The number of allylic oxidation sites excluding steroid dienone is 2. The Morgan fingerprint density at radius 2 is 2.42 bits per heavy atom. The predicted molar refractivity (Wildman–Crippen MR) is 50.8 cm³/mol. The van der Waals surface area contributed by atoms with E-state index in [2.05, 4.69) is 11.6 Å². The number of aromatic nitrogens is 1. The van der Waals surface area contributed by atoms with E-state index in [1.54, 1.807) is 6.20 Å². The maximum absolute atomic E-state index is 8.94. The molecule has 2 heteroatoms. The van der Waals surface area contributed by atoms with Gasteiger partial charge in [0.1, 0.15) is 0 Å². The first-order valence-corrected chi connectivity index (χ1v) is 3.88. The van der Waals surface area contributed by atoms with Crippen LogP contribution < -0.4 is 10.6 Å². The first-order chi connectivity index (χ1) is 5.79. The van der Waals surface area contributed by atoms with E-state index in [1.165, 1.54) is 0 Å². The monoisotopic (exact) mass is 163 g/mol. The molecule has 1 rings (SSSR count). The van der Waals surface area contributed by atoms with Crippen molar-refractivity contribution in [1.82, 2.24) is 4.98 Å². The molecule has 1 heterocycles. The summed E-state index contributed by atoms with van der Waals surface area (Å²) in [7, 11) is 0. The molecule has 0 amide bonds. The van der Waals surface area contributed by atoms with Crippen LogP contribution in [-0.4, -0.2) is 10.1 Å². The van der Waals surface area contributed by atoms with Gasteiger partial charge in [-0.1, -0.05) is 24.8 Å². The zero-order chi connectivity index (χ0) is 8.97. The van der Waals surface area contributed by atoms with Crippen molar-refractivity contribution >= 4 is 12.7 Å². The summed E-state index contributed by atoms with van der Waals surface area (Å²) < 4.78 is 0. The van der Waals surface area contributed by atoms with Gasteiger partial charge in [-0.2, -0.15) is 0 Å². The van der Waals surface area contributed by atoms with Crippen molar-refractivity contribution in [2.45, 2.75) is 13.5 Å². The van der Waals surface area contributed by atoms with Crippen LogP contribution in [0.1, 0.15) is 12.5 Å². The van der Waals surface area contributed by atoms with E-state index in [4.69, 9.17) is 5.11 Å². The van der Waals surface area contributed by atoms with E-state index in [-0.39, 0.29) is 6.61 Å². The van der Waals surface area contributed by atoms with Crippen LogP contribution in [0.15, 0.2) is 18.3 Å². The summed E-state index contributed by atoms with van der Waals surface area (Å²) in [5.74, 6) is 0. The molecule has 0 bridgehead atoms. The number of aromatic amines is 1. The molecule has 0 unspecified atom stereocenters. The molecule has 12 heavy (non-hydrogen) atoms. The molecular formula is C10H13NO. The van der Waals surface area contributed by atoms with Crippen molar-refractivity contribution in [2.75, 3.05) is 0 Å². The highest BCUT2D eigenvalue weighted by Crippen LogP contribution is 1.84. The van der Waals surface area contributed by atoms with Crippen molar-refractivity contribution in [3.8, 4) is 0 Å². The molecule has 0 aliphatic rings. The lowest BCUT2D eigenvalue weighted by molar-refractivity contribution is 0.281. The van der Waals surface area contributed by atoms with E-state index in [0.29, 0.717) is 0 Å². The molecule has 2 nitrogen and oxygen atoms in total. The number of nitrogens with one attached hydrogen (secondary N) is 1. The summed E-state index contributed by atoms with van der Waals surface area (Å²) in [5.41, 5.74) is 0.887. The molecule has 0 fully saturated rings. The molecule has 0 atom stereocenters. The fourth-order valence-corrected chi connectivity index (χ4v) is 1.05. The van der Waals surface area contributed by atoms with Gasteiger partial charge in [-0.05, 0) is 6.92 Å². The van der Waals surface area contributed by atoms with E-state index in [0.717, 1.165) is 16.1 Å². The van der Waals surface area contributed by atoms with Gasteiger partial charge >= 0.3 is 0 Å². The minimum atomic E-state index is 0.0510. The van der Waals surface area contributed by atoms with E-state index >= 15 is 0 Å². The normalized spacial score (nSPS) is 13.0. The lowest BCUT2D eigenvalue weighted by Gasteiger charge is -1.85. The molecule has 0 spiro atoms. The van der Waals surface area contributed by atoms with Crippen molar-refractivity contribution in [2.24, 2.45) is 0 Å². The molecule has 1 aromatic rings. The third-order valence-electron chi connectivity index (χ3n) is 1.72. The largest absolute Gasteiger partial charge is 0.392 e. The standard InChI is InChI=1S/C10H13NO/c1-3-4-5-10-8(2)11-6-9(10)7-12/h3-6,11-12H,2,7H2,1H3/b4-3-,10-5+. The van der Waals surface area contributed by atoms with Crippen molar-refractivity contribution < 1.29 is 5.11 Å². The van der Waals surface area contributed by atoms with Crippen LogP contribution in [0.25, 0.3) is 12.7 Å². The van der Waals surface area contributed by atoms with Gasteiger partial charge in [-0.3, -0.25) is 0 Å². The molecule has 0 aliphatic heterocycles. The highest BCUT2D eigenvalue weighted by Gasteiger charge is 1.93. The fourth-order valence-electron chi connectivity index (χ4n) is 1.05. The molecular weight excluding hydrogens is 150 g/mol. The molecule has 0 saturated carbocycles. The Hall–Kier alpha value is -1.28. The second-order valence-corrected chi connectivity index (χ2v) is 2.56. The Morgan fingerprint density at radius 1 is 1.67 bits per heavy atom. The lowest BCUT2D eigenvalue weighted by atomic mass is 10.2. The van der Waals surface area contributed by atoms with E-state index < -0.39 is 0 Å². The quantitative estimate of drug-likeness (QED) is 0.645. The third-order valence-corrected chi connectivity index (χ3v) is 1.72. The topological polar surface area (TPSA) is 36.0 Å². The maximum Gasteiger partial charge on any atom is 0.0702 e. The predicted octanol–water partition coefficient (Wildman–Crippen LogP) is 0.274. The molecule has 0 saturated heterocycles. The van der Waals surface area contributed by atoms with Crippen LogP contribution in [-0.2, 0) is 6.61 Å². The number of hydrogen-bond acceptors (Lipinski definition) is 1. The first-order valence-electron chi connectivity index (χ1n) is 3.88. The Kier molecular flexibility index (Phi) is 2.88. The molecule has 0 radical (unpaired) electrons. The van der Waals surface area contributed by atoms with Crippen molar-refractivity contribution in [1.29, 1.82) is 0 Å². The summed E-state index contributed by atoms with van der Waals surface area (Å²) in [5, 5.41) is 10.8. The molecule has 0 aliphatic carbocycles. The van der Waals surface area contributed by atoms with Crippen LogP contribution in [0.2, 0.25) is 0 Å². The number of H-pyrrole nitrogens is 1. The molecule has 1 aromatic heterocycles. The smallest absolute Gasteiger partial charge is 0.0702 e. The SMILES string of the molecule is C=c1[nH]cc(CO)/c1=C/C=C\C. The van der Waals surface area contributed by atoms with Crippen molar-refractivity contribution in [3.05, 3.63) is 34.5 Å². The molecule has 64 valence electrons. The average Bonchev–Trinajstić information content (AvgIpc) is 2.43. The van der Waals surface area contributed by atoms with Gasteiger partial charge in [0, 0.05) is 22.3 Å². The van der Waals surface area contributed by atoms with Gasteiger partial charge in [-0.25, -0.2) is 0 Å². The summed E-state index contributed by atoms with van der Waals surface area (Å²) in [6.45, 7) is 5.81. The Morgan fingerprint density at radius 3 is 3.00 bits per heavy atom.